The average molecular weight is 417 g/mol. The molecule has 1 aromatic heterocycles. The molecular weight excluding hydrogens is 388 g/mol. The summed E-state index contributed by atoms with van der Waals surface area (Å²) in [5.41, 5.74) is 6.92. The van der Waals surface area contributed by atoms with E-state index in [2.05, 4.69) is 34.1 Å². The summed E-state index contributed by atoms with van der Waals surface area (Å²) in [6.07, 6.45) is 1.15. The van der Waals surface area contributed by atoms with Crippen LogP contribution in [0.5, 0.6) is 0 Å². The van der Waals surface area contributed by atoms with E-state index in [1.54, 1.807) is 0 Å². The van der Waals surface area contributed by atoms with Crippen molar-refractivity contribution in [2.75, 3.05) is 19.0 Å². The molecule has 0 amide bonds. The van der Waals surface area contributed by atoms with Crippen molar-refractivity contribution in [3.63, 3.8) is 0 Å². The highest BCUT2D eigenvalue weighted by Crippen LogP contribution is 2.35. The lowest BCUT2D eigenvalue weighted by atomic mass is 9.81. The van der Waals surface area contributed by atoms with E-state index in [9.17, 15) is 9.59 Å². The average Bonchev–Trinajstić information content (AvgIpc) is 3.10. The van der Waals surface area contributed by atoms with Crippen molar-refractivity contribution in [1.82, 2.24) is 4.98 Å². The van der Waals surface area contributed by atoms with Crippen LogP contribution >= 0.6 is 0 Å². The number of esters is 1. The predicted octanol–water partition coefficient (Wildman–Crippen LogP) is 4.97. The molecule has 31 heavy (non-hydrogen) atoms. The normalized spacial score (nSPS) is 15.5. The first kappa shape index (κ1) is 20.9. The Morgan fingerprint density at radius 2 is 1.71 bits per heavy atom. The number of aromatic nitrogens is 1. The smallest absolute Gasteiger partial charge is 0.355 e. The van der Waals surface area contributed by atoms with Crippen LogP contribution in [-0.2, 0) is 17.8 Å². The molecule has 4 rings (SSSR count). The number of rotatable bonds is 5. The highest BCUT2D eigenvalue weighted by Gasteiger charge is 2.32. The number of carbonyl (C=O) groups is 2. The Balaban J connectivity index is 1.51. The number of Topliss-reactive ketones (excluding diaryl/α,β-unsaturated/α-hetero) is 1. The molecule has 1 atom stereocenters. The van der Waals surface area contributed by atoms with Crippen molar-refractivity contribution in [1.29, 1.82) is 0 Å². The fourth-order valence-electron chi connectivity index (χ4n) is 4.22. The van der Waals surface area contributed by atoms with Crippen molar-refractivity contribution < 1.29 is 14.3 Å². The fourth-order valence-corrected chi connectivity index (χ4v) is 4.22. The first-order chi connectivity index (χ1) is 14.8. The monoisotopic (exact) mass is 416 g/mol. The van der Waals surface area contributed by atoms with Crippen LogP contribution < -0.4 is 4.90 Å². The molecule has 2 aromatic carbocycles. The van der Waals surface area contributed by atoms with Gasteiger partial charge in [0.25, 0.3) is 0 Å². The van der Waals surface area contributed by atoms with Crippen LogP contribution in [0.4, 0.5) is 5.69 Å². The quantitative estimate of drug-likeness (QED) is 0.597. The van der Waals surface area contributed by atoms with Gasteiger partial charge in [-0.05, 0) is 55.0 Å². The lowest BCUT2D eigenvalue weighted by Crippen LogP contribution is -2.18. The van der Waals surface area contributed by atoms with Gasteiger partial charge in [-0.25, -0.2) is 4.79 Å². The lowest BCUT2D eigenvalue weighted by Gasteiger charge is -2.23. The molecule has 0 bridgehead atoms. The van der Waals surface area contributed by atoms with Gasteiger partial charge in [-0.2, -0.15) is 0 Å². The number of carbonyl (C=O) groups excluding carboxylic acids is 2. The molecule has 1 N–H and O–H groups in total. The number of ether oxygens (including phenoxy) is 1. The topological polar surface area (TPSA) is 62.4 Å². The number of ketones is 1. The van der Waals surface area contributed by atoms with E-state index in [-0.39, 0.29) is 18.3 Å². The molecule has 5 heteroatoms. The zero-order valence-corrected chi connectivity index (χ0v) is 18.5. The number of aryl methyl sites for hydroxylation is 1. The van der Waals surface area contributed by atoms with Crippen molar-refractivity contribution in [3.05, 3.63) is 87.7 Å². The number of aromatic amines is 1. The van der Waals surface area contributed by atoms with E-state index in [1.807, 2.05) is 52.2 Å². The second kappa shape index (κ2) is 8.42. The van der Waals surface area contributed by atoms with Crippen molar-refractivity contribution in [2.24, 2.45) is 0 Å². The molecule has 0 saturated heterocycles. The van der Waals surface area contributed by atoms with E-state index >= 15 is 0 Å². The molecule has 1 aliphatic carbocycles. The number of nitrogens with zero attached hydrogens (tertiary/aromatic N) is 1. The SMILES string of the molecule is Cc1ccc(COC(=O)c2[nH]c3c(c2C)C(=O)C[C@@H](c2ccc(N(C)C)cc2)C3)cc1. The number of anilines is 1. The van der Waals surface area contributed by atoms with Gasteiger partial charge in [-0.3, -0.25) is 4.79 Å². The van der Waals surface area contributed by atoms with Gasteiger partial charge in [0, 0.05) is 37.5 Å². The zero-order chi connectivity index (χ0) is 22.1. The summed E-state index contributed by atoms with van der Waals surface area (Å²) in [6, 6.07) is 16.2. The van der Waals surface area contributed by atoms with Crippen LogP contribution in [0.25, 0.3) is 0 Å². The highest BCUT2D eigenvalue weighted by molar-refractivity contribution is 6.03. The van der Waals surface area contributed by atoms with Gasteiger partial charge in [0.05, 0.1) is 0 Å². The maximum atomic E-state index is 12.9. The van der Waals surface area contributed by atoms with Crippen LogP contribution in [0.15, 0.2) is 48.5 Å². The van der Waals surface area contributed by atoms with Gasteiger partial charge < -0.3 is 14.6 Å². The maximum absolute atomic E-state index is 12.9. The Kier molecular flexibility index (Phi) is 5.68. The van der Waals surface area contributed by atoms with Gasteiger partial charge in [-0.15, -0.1) is 0 Å². The molecule has 0 unspecified atom stereocenters. The second-order valence-corrected chi connectivity index (χ2v) is 8.55. The third kappa shape index (κ3) is 4.26. The van der Waals surface area contributed by atoms with Crippen LogP contribution in [0.2, 0.25) is 0 Å². The molecule has 0 radical (unpaired) electrons. The largest absolute Gasteiger partial charge is 0.456 e. The minimum atomic E-state index is -0.424. The van der Waals surface area contributed by atoms with Gasteiger partial charge in [0.2, 0.25) is 0 Å². The Bertz CT molecular complexity index is 1110. The number of benzene rings is 2. The molecule has 0 spiro atoms. The Morgan fingerprint density at radius 1 is 1.03 bits per heavy atom. The third-order valence-electron chi connectivity index (χ3n) is 6.06. The predicted molar refractivity (Wildman–Crippen MR) is 122 cm³/mol. The van der Waals surface area contributed by atoms with Gasteiger partial charge in [0.1, 0.15) is 12.3 Å². The number of fused-ring (bicyclic) bond motifs is 1. The van der Waals surface area contributed by atoms with Crippen LogP contribution in [0.3, 0.4) is 0 Å². The van der Waals surface area contributed by atoms with E-state index in [0.717, 1.165) is 28.1 Å². The fraction of sp³-hybridized carbons (Fsp3) is 0.308. The van der Waals surface area contributed by atoms with E-state index < -0.39 is 5.97 Å². The number of H-pyrrole nitrogens is 1. The van der Waals surface area contributed by atoms with E-state index in [1.165, 1.54) is 0 Å². The van der Waals surface area contributed by atoms with Crippen LogP contribution in [-0.4, -0.2) is 30.8 Å². The molecule has 160 valence electrons. The summed E-state index contributed by atoms with van der Waals surface area (Å²) in [4.78, 5) is 30.9. The molecule has 5 nitrogen and oxygen atoms in total. The van der Waals surface area contributed by atoms with Crippen molar-refractivity contribution in [3.8, 4) is 0 Å². The number of hydrogen-bond acceptors (Lipinski definition) is 4. The molecule has 1 heterocycles. The van der Waals surface area contributed by atoms with E-state index in [0.29, 0.717) is 29.7 Å². The van der Waals surface area contributed by atoms with Gasteiger partial charge in [0.15, 0.2) is 5.78 Å². The molecule has 1 aliphatic rings. The van der Waals surface area contributed by atoms with Crippen LogP contribution in [0.1, 0.15) is 61.1 Å². The lowest BCUT2D eigenvalue weighted by molar-refractivity contribution is 0.0465. The first-order valence-electron chi connectivity index (χ1n) is 10.6. The molecule has 0 aliphatic heterocycles. The zero-order valence-electron chi connectivity index (χ0n) is 18.5. The maximum Gasteiger partial charge on any atom is 0.355 e. The Labute approximate surface area is 183 Å². The molecule has 3 aromatic rings. The number of hydrogen-bond donors (Lipinski definition) is 1. The summed E-state index contributed by atoms with van der Waals surface area (Å²) in [6.45, 7) is 4.04. The van der Waals surface area contributed by atoms with Crippen molar-refractivity contribution in [2.45, 2.75) is 39.2 Å². The third-order valence-corrected chi connectivity index (χ3v) is 6.06. The minimum absolute atomic E-state index is 0.0780. The number of nitrogens with one attached hydrogen (secondary N) is 1. The van der Waals surface area contributed by atoms with Crippen molar-refractivity contribution >= 4 is 17.4 Å². The Morgan fingerprint density at radius 3 is 2.35 bits per heavy atom. The highest BCUT2D eigenvalue weighted by atomic mass is 16.5. The molecular formula is C26H28N2O3. The summed E-state index contributed by atoms with van der Waals surface area (Å²) in [7, 11) is 4.01. The minimum Gasteiger partial charge on any atom is -0.456 e. The standard InChI is InChI=1S/C26H28N2O3/c1-16-5-7-18(8-6-16)15-31-26(30)25-17(2)24-22(27-25)13-20(14-23(24)29)19-9-11-21(12-10-19)28(3)4/h5-12,20,27H,13-15H2,1-4H3/t20-/m0/s1. The Hall–Kier alpha value is -3.34. The van der Waals surface area contributed by atoms with E-state index in [4.69, 9.17) is 4.74 Å². The summed E-state index contributed by atoms with van der Waals surface area (Å²) in [5.74, 6) is -0.243. The van der Waals surface area contributed by atoms with Crippen LogP contribution in [0, 0.1) is 13.8 Å². The summed E-state index contributed by atoms with van der Waals surface area (Å²) < 4.78 is 5.51. The molecule has 0 saturated carbocycles. The summed E-state index contributed by atoms with van der Waals surface area (Å²) in [5, 5.41) is 0. The molecule has 0 fully saturated rings. The second-order valence-electron chi connectivity index (χ2n) is 8.55. The van der Waals surface area contributed by atoms with Gasteiger partial charge in [-0.1, -0.05) is 42.0 Å². The first-order valence-corrected chi connectivity index (χ1v) is 10.6. The van der Waals surface area contributed by atoms with Gasteiger partial charge >= 0.3 is 5.97 Å². The summed E-state index contributed by atoms with van der Waals surface area (Å²) >= 11 is 0.